The first kappa shape index (κ1) is 15.8. The fourth-order valence-corrected chi connectivity index (χ4v) is 2.91. The van der Waals surface area contributed by atoms with E-state index in [0.717, 1.165) is 24.3 Å². The van der Waals surface area contributed by atoms with Gasteiger partial charge in [-0.3, -0.25) is 0 Å². The highest BCUT2D eigenvalue weighted by atomic mass is 35.5. The van der Waals surface area contributed by atoms with Gasteiger partial charge in [-0.15, -0.1) is 0 Å². The van der Waals surface area contributed by atoms with Crippen molar-refractivity contribution < 1.29 is 4.39 Å². The molecule has 0 aliphatic carbocycles. The Morgan fingerprint density at radius 1 is 1.44 bits per heavy atom. The molecule has 0 heterocycles. The normalized spacial score (nSPS) is 14.5. The van der Waals surface area contributed by atoms with Gasteiger partial charge in [0.15, 0.2) is 0 Å². The topological polar surface area (TPSA) is 12.0 Å². The smallest absolute Gasteiger partial charge is 0.129 e. The van der Waals surface area contributed by atoms with Crippen molar-refractivity contribution in [2.45, 2.75) is 26.3 Å². The molecule has 1 aromatic rings. The van der Waals surface area contributed by atoms with Gasteiger partial charge < -0.3 is 5.32 Å². The minimum atomic E-state index is -0.218. The Bertz CT molecular complexity index is 373. The molecule has 0 spiro atoms. The SMILES string of the molecule is CCCNC(c1ccc(Cl)cc1F)C(C)CSC. The van der Waals surface area contributed by atoms with Crippen LogP contribution in [0.3, 0.4) is 0 Å². The molecule has 1 aromatic carbocycles. The van der Waals surface area contributed by atoms with Crippen LogP contribution < -0.4 is 5.32 Å². The predicted octanol–water partition coefficient (Wildman–Crippen LogP) is 4.52. The maximum Gasteiger partial charge on any atom is 0.129 e. The van der Waals surface area contributed by atoms with E-state index >= 15 is 0 Å². The van der Waals surface area contributed by atoms with Gasteiger partial charge in [-0.25, -0.2) is 4.39 Å². The van der Waals surface area contributed by atoms with Crippen molar-refractivity contribution in [1.82, 2.24) is 5.32 Å². The van der Waals surface area contributed by atoms with E-state index in [1.54, 1.807) is 23.9 Å². The lowest BCUT2D eigenvalue weighted by molar-refractivity contribution is 0.403. The van der Waals surface area contributed by atoms with Crippen LogP contribution in [0.1, 0.15) is 31.9 Å². The zero-order chi connectivity index (χ0) is 13.5. The summed E-state index contributed by atoms with van der Waals surface area (Å²) in [6.45, 7) is 5.16. The van der Waals surface area contributed by atoms with E-state index < -0.39 is 0 Å². The summed E-state index contributed by atoms with van der Waals surface area (Å²) >= 11 is 7.59. The number of rotatable bonds is 7. The van der Waals surface area contributed by atoms with E-state index in [2.05, 4.69) is 25.4 Å². The zero-order valence-corrected chi connectivity index (χ0v) is 12.7. The molecular weight excluding hydrogens is 269 g/mol. The zero-order valence-electron chi connectivity index (χ0n) is 11.2. The molecule has 0 bridgehead atoms. The maximum absolute atomic E-state index is 14.0. The van der Waals surface area contributed by atoms with Crippen LogP contribution in [-0.4, -0.2) is 18.6 Å². The molecule has 2 atom stereocenters. The molecule has 0 saturated heterocycles. The van der Waals surface area contributed by atoms with Crippen LogP contribution in [0.2, 0.25) is 5.02 Å². The van der Waals surface area contributed by atoms with Crippen LogP contribution in [0.5, 0.6) is 0 Å². The lowest BCUT2D eigenvalue weighted by Gasteiger charge is -2.25. The molecule has 0 aromatic heterocycles. The summed E-state index contributed by atoms with van der Waals surface area (Å²) in [7, 11) is 0. The number of halogens is 2. The maximum atomic E-state index is 14.0. The van der Waals surface area contributed by atoms with E-state index in [0.29, 0.717) is 10.9 Å². The van der Waals surface area contributed by atoms with Gasteiger partial charge in [0.25, 0.3) is 0 Å². The third-order valence-corrected chi connectivity index (χ3v) is 4.00. The molecular formula is C14H21ClFNS. The summed E-state index contributed by atoms with van der Waals surface area (Å²) in [5.41, 5.74) is 0.717. The van der Waals surface area contributed by atoms with Crippen molar-refractivity contribution in [3.05, 3.63) is 34.6 Å². The molecule has 1 N–H and O–H groups in total. The number of benzene rings is 1. The standard InChI is InChI=1S/C14H21ClFNS/c1-4-7-17-14(10(2)9-18-3)12-6-5-11(15)8-13(12)16/h5-6,8,10,14,17H,4,7,9H2,1-3H3. The average Bonchev–Trinajstić information content (AvgIpc) is 2.32. The predicted molar refractivity (Wildman–Crippen MR) is 80.0 cm³/mol. The lowest BCUT2D eigenvalue weighted by Crippen LogP contribution is -2.29. The number of nitrogens with one attached hydrogen (secondary N) is 1. The quantitative estimate of drug-likeness (QED) is 0.792. The summed E-state index contributed by atoms with van der Waals surface area (Å²) in [5.74, 6) is 1.16. The van der Waals surface area contributed by atoms with Gasteiger partial charge in [0.2, 0.25) is 0 Å². The van der Waals surface area contributed by atoms with Gasteiger partial charge in [-0.1, -0.05) is 31.5 Å². The monoisotopic (exact) mass is 289 g/mol. The minimum absolute atomic E-state index is 0.0506. The summed E-state index contributed by atoms with van der Waals surface area (Å²) in [5, 5.41) is 3.88. The second kappa shape index (κ2) is 8.03. The van der Waals surface area contributed by atoms with Crippen molar-refractivity contribution in [1.29, 1.82) is 0 Å². The van der Waals surface area contributed by atoms with Crippen LogP contribution in [0.4, 0.5) is 4.39 Å². The number of thioether (sulfide) groups is 1. The Hall–Kier alpha value is -0.250. The van der Waals surface area contributed by atoms with E-state index in [9.17, 15) is 4.39 Å². The Kier molecular flexibility index (Phi) is 7.05. The Morgan fingerprint density at radius 2 is 2.17 bits per heavy atom. The highest BCUT2D eigenvalue weighted by Crippen LogP contribution is 2.28. The summed E-state index contributed by atoms with van der Waals surface area (Å²) in [4.78, 5) is 0. The van der Waals surface area contributed by atoms with Crippen LogP contribution in [-0.2, 0) is 0 Å². The van der Waals surface area contributed by atoms with Crippen molar-refractivity contribution in [3.8, 4) is 0 Å². The molecule has 18 heavy (non-hydrogen) atoms. The largest absolute Gasteiger partial charge is 0.310 e. The van der Waals surface area contributed by atoms with Crippen LogP contribution in [0, 0.1) is 11.7 Å². The molecule has 4 heteroatoms. The third-order valence-electron chi connectivity index (χ3n) is 2.91. The van der Waals surface area contributed by atoms with Crippen LogP contribution in [0.15, 0.2) is 18.2 Å². The number of hydrogen-bond donors (Lipinski definition) is 1. The van der Waals surface area contributed by atoms with Gasteiger partial charge in [-0.2, -0.15) is 11.8 Å². The average molecular weight is 290 g/mol. The first-order valence-electron chi connectivity index (χ1n) is 6.27. The molecule has 0 aliphatic rings. The summed E-state index contributed by atoms with van der Waals surface area (Å²) in [6.07, 6.45) is 3.11. The molecule has 0 saturated carbocycles. The Labute approximate surface area is 118 Å². The number of hydrogen-bond acceptors (Lipinski definition) is 2. The van der Waals surface area contributed by atoms with Crippen molar-refractivity contribution >= 4 is 23.4 Å². The lowest BCUT2D eigenvalue weighted by atomic mass is 9.95. The van der Waals surface area contributed by atoms with Crippen molar-refractivity contribution in [2.75, 3.05) is 18.6 Å². The Balaban J connectivity index is 2.93. The van der Waals surface area contributed by atoms with E-state index in [4.69, 9.17) is 11.6 Å². The molecule has 1 nitrogen and oxygen atoms in total. The minimum Gasteiger partial charge on any atom is -0.310 e. The molecule has 0 fully saturated rings. The summed E-state index contributed by atoms with van der Waals surface area (Å²) < 4.78 is 14.0. The fourth-order valence-electron chi connectivity index (χ4n) is 2.03. The van der Waals surface area contributed by atoms with Crippen LogP contribution >= 0.6 is 23.4 Å². The van der Waals surface area contributed by atoms with E-state index in [1.165, 1.54) is 6.07 Å². The molecule has 0 radical (unpaired) electrons. The van der Waals surface area contributed by atoms with Crippen molar-refractivity contribution in [2.24, 2.45) is 5.92 Å². The van der Waals surface area contributed by atoms with Gasteiger partial charge >= 0.3 is 0 Å². The van der Waals surface area contributed by atoms with Gasteiger partial charge in [0, 0.05) is 16.6 Å². The van der Waals surface area contributed by atoms with Crippen LogP contribution in [0.25, 0.3) is 0 Å². The second-order valence-corrected chi connectivity index (χ2v) is 5.88. The first-order chi connectivity index (χ1) is 8.60. The third kappa shape index (κ3) is 4.45. The summed E-state index contributed by atoms with van der Waals surface area (Å²) in [6, 6.07) is 4.99. The molecule has 2 unspecified atom stereocenters. The fraction of sp³-hybridized carbons (Fsp3) is 0.571. The van der Waals surface area contributed by atoms with Gasteiger partial charge in [0.1, 0.15) is 5.82 Å². The molecule has 0 amide bonds. The molecule has 1 rings (SSSR count). The van der Waals surface area contributed by atoms with Crippen molar-refractivity contribution in [3.63, 3.8) is 0 Å². The highest BCUT2D eigenvalue weighted by molar-refractivity contribution is 7.98. The van der Waals surface area contributed by atoms with Gasteiger partial charge in [-0.05, 0) is 43.0 Å². The van der Waals surface area contributed by atoms with E-state index in [1.807, 2.05) is 0 Å². The molecule has 0 aliphatic heterocycles. The van der Waals surface area contributed by atoms with Gasteiger partial charge in [0.05, 0.1) is 0 Å². The Morgan fingerprint density at radius 3 is 2.72 bits per heavy atom. The molecule has 102 valence electrons. The first-order valence-corrected chi connectivity index (χ1v) is 8.04. The highest BCUT2D eigenvalue weighted by Gasteiger charge is 2.21. The second-order valence-electron chi connectivity index (χ2n) is 4.53. The van der Waals surface area contributed by atoms with E-state index in [-0.39, 0.29) is 11.9 Å².